The molecule has 0 unspecified atom stereocenters. The number of hydrogen-bond donors (Lipinski definition) is 1. The molecule has 2 aromatic carbocycles. The molecule has 3 heteroatoms. The van der Waals surface area contributed by atoms with Gasteiger partial charge in [0.2, 0.25) is 0 Å². The molecule has 0 radical (unpaired) electrons. The molecule has 0 fully saturated rings. The van der Waals surface area contributed by atoms with Crippen molar-refractivity contribution < 1.29 is 0 Å². The molecule has 3 rings (SSSR count). The SMILES string of the molecule is CNCc1cc(-c2ccccc2Cl)n(-c2ccccc2)c1C. The quantitative estimate of drug-likeness (QED) is 0.730. The van der Waals surface area contributed by atoms with Crippen LogP contribution in [0.1, 0.15) is 11.3 Å². The van der Waals surface area contributed by atoms with Crippen molar-refractivity contribution in [1.82, 2.24) is 9.88 Å². The van der Waals surface area contributed by atoms with E-state index in [0.717, 1.165) is 28.5 Å². The first kappa shape index (κ1) is 14.9. The minimum Gasteiger partial charge on any atom is -0.316 e. The van der Waals surface area contributed by atoms with E-state index >= 15 is 0 Å². The van der Waals surface area contributed by atoms with Crippen LogP contribution in [0.5, 0.6) is 0 Å². The van der Waals surface area contributed by atoms with Crippen LogP contribution in [0.2, 0.25) is 5.02 Å². The molecule has 0 aliphatic carbocycles. The Bertz CT molecular complexity index is 775. The molecule has 1 aromatic heterocycles. The molecule has 0 aliphatic heterocycles. The third kappa shape index (κ3) is 2.68. The zero-order chi connectivity index (χ0) is 15.5. The van der Waals surface area contributed by atoms with Gasteiger partial charge in [0, 0.05) is 28.5 Å². The lowest BCUT2D eigenvalue weighted by Crippen LogP contribution is -2.06. The van der Waals surface area contributed by atoms with Crippen molar-refractivity contribution in [2.24, 2.45) is 0 Å². The topological polar surface area (TPSA) is 17.0 Å². The summed E-state index contributed by atoms with van der Waals surface area (Å²) in [4.78, 5) is 0. The average molecular weight is 311 g/mol. The summed E-state index contributed by atoms with van der Waals surface area (Å²) in [7, 11) is 1.97. The average Bonchev–Trinajstić information content (AvgIpc) is 2.86. The first-order chi connectivity index (χ1) is 10.7. The van der Waals surface area contributed by atoms with Gasteiger partial charge in [-0.15, -0.1) is 0 Å². The number of rotatable bonds is 4. The Labute approximate surface area is 136 Å². The molecule has 0 spiro atoms. The fraction of sp³-hybridized carbons (Fsp3) is 0.158. The molecule has 0 atom stereocenters. The normalized spacial score (nSPS) is 10.9. The number of halogens is 1. The van der Waals surface area contributed by atoms with E-state index in [2.05, 4.69) is 53.2 Å². The summed E-state index contributed by atoms with van der Waals surface area (Å²) >= 11 is 6.43. The lowest BCUT2D eigenvalue weighted by molar-refractivity contribution is 0.807. The predicted octanol–water partition coefficient (Wildman–Crippen LogP) is 4.83. The smallest absolute Gasteiger partial charge is 0.0549 e. The zero-order valence-corrected chi connectivity index (χ0v) is 13.6. The monoisotopic (exact) mass is 310 g/mol. The fourth-order valence-corrected chi connectivity index (χ4v) is 3.04. The number of nitrogens with zero attached hydrogens (tertiary/aromatic N) is 1. The highest BCUT2D eigenvalue weighted by molar-refractivity contribution is 6.33. The first-order valence-electron chi connectivity index (χ1n) is 7.38. The number of aromatic nitrogens is 1. The summed E-state index contributed by atoms with van der Waals surface area (Å²) in [5.41, 5.74) is 5.84. The van der Waals surface area contributed by atoms with Gasteiger partial charge in [-0.2, -0.15) is 0 Å². The van der Waals surface area contributed by atoms with Crippen molar-refractivity contribution in [3.8, 4) is 16.9 Å². The third-order valence-corrected chi connectivity index (χ3v) is 4.21. The van der Waals surface area contributed by atoms with E-state index < -0.39 is 0 Å². The van der Waals surface area contributed by atoms with E-state index in [1.807, 2.05) is 31.3 Å². The third-order valence-electron chi connectivity index (χ3n) is 3.88. The predicted molar refractivity (Wildman–Crippen MR) is 93.7 cm³/mol. The Morgan fingerprint density at radius 3 is 2.36 bits per heavy atom. The number of para-hydroxylation sites is 1. The second kappa shape index (κ2) is 6.39. The van der Waals surface area contributed by atoms with Crippen LogP contribution in [0.25, 0.3) is 16.9 Å². The number of nitrogens with one attached hydrogen (secondary N) is 1. The van der Waals surface area contributed by atoms with Crippen molar-refractivity contribution in [3.63, 3.8) is 0 Å². The molecule has 22 heavy (non-hydrogen) atoms. The van der Waals surface area contributed by atoms with E-state index in [1.165, 1.54) is 11.3 Å². The van der Waals surface area contributed by atoms with E-state index in [1.54, 1.807) is 0 Å². The summed E-state index contributed by atoms with van der Waals surface area (Å²) in [5, 5.41) is 4.01. The molecule has 0 bridgehead atoms. The van der Waals surface area contributed by atoms with Gasteiger partial charge < -0.3 is 9.88 Å². The summed E-state index contributed by atoms with van der Waals surface area (Å²) in [6.07, 6.45) is 0. The van der Waals surface area contributed by atoms with Crippen LogP contribution in [0, 0.1) is 6.92 Å². The highest BCUT2D eigenvalue weighted by Crippen LogP contribution is 2.33. The molecule has 0 saturated heterocycles. The van der Waals surface area contributed by atoms with Gasteiger partial charge in [0.1, 0.15) is 0 Å². The van der Waals surface area contributed by atoms with Gasteiger partial charge in [-0.25, -0.2) is 0 Å². The lowest BCUT2D eigenvalue weighted by atomic mass is 10.1. The molecule has 3 aromatic rings. The molecule has 0 saturated carbocycles. The van der Waals surface area contributed by atoms with Gasteiger partial charge >= 0.3 is 0 Å². The van der Waals surface area contributed by atoms with Crippen LogP contribution < -0.4 is 5.32 Å². The zero-order valence-electron chi connectivity index (χ0n) is 12.8. The maximum absolute atomic E-state index is 6.43. The van der Waals surface area contributed by atoms with Crippen LogP contribution in [-0.2, 0) is 6.54 Å². The summed E-state index contributed by atoms with van der Waals surface area (Å²) in [6, 6.07) is 20.6. The molecule has 112 valence electrons. The van der Waals surface area contributed by atoms with Gasteiger partial charge in [-0.3, -0.25) is 0 Å². The van der Waals surface area contributed by atoms with Gasteiger partial charge in [0.05, 0.1) is 5.69 Å². The molecule has 1 heterocycles. The Kier molecular flexibility index (Phi) is 4.32. The maximum atomic E-state index is 6.43. The Morgan fingerprint density at radius 2 is 1.68 bits per heavy atom. The minimum atomic E-state index is 0.771. The van der Waals surface area contributed by atoms with Crippen molar-refractivity contribution in [2.45, 2.75) is 13.5 Å². The van der Waals surface area contributed by atoms with Crippen LogP contribution in [0.15, 0.2) is 60.7 Å². The summed E-state index contributed by atoms with van der Waals surface area (Å²) in [5.74, 6) is 0. The standard InChI is InChI=1S/C19H19ClN2/c1-14-15(13-21-2)12-19(17-10-6-7-11-18(17)20)22(14)16-8-4-3-5-9-16/h3-12,21H,13H2,1-2H3. The maximum Gasteiger partial charge on any atom is 0.0549 e. The minimum absolute atomic E-state index is 0.771. The van der Waals surface area contributed by atoms with Gasteiger partial charge in [0.15, 0.2) is 0 Å². The molecular formula is C19H19ClN2. The van der Waals surface area contributed by atoms with Crippen molar-refractivity contribution in [3.05, 3.63) is 76.9 Å². The lowest BCUT2D eigenvalue weighted by Gasteiger charge is -2.13. The summed E-state index contributed by atoms with van der Waals surface area (Å²) in [6.45, 7) is 2.99. The second-order valence-electron chi connectivity index (χ2n) is 5.32. The molecule has 0 amide bonds. The number of hydrogen-bond acceptors (Lipinski definition) is 1. The van der Waals surface area contributed by atoms with Crippen LogP contribution >= 0.6 is 11.6 Å². The fourth-order valence-electron chi connectivity index (χ4n) is 2.80. The van der Waals surface area contributed by atoms with Crippen molar-refractivity contribution >= 4 is 11.6 Å². The molecule has 1 N–H and O–H groups in total. The van der Waals surface area contributed by atoms with E-state index in [-0.39, 0.29) is 0 Å². The van der Waals surface area contributed by atoms with Crippen LogP contribution in [-0.4, -0.2) is 11.6 Å². The van der Waals surface area contributed by atoms with Crippen molar-refractivity contribution in [2.75, 3.05) is 7.05 Å². The first-order valence-corrected chi connectivity index (χ1v) is 7.76. The molecule has 0 aliphatic rings. The van der Waals surface area contributed by atoms with Gasteiger partial charge in [0.25, 0.3) is 0 Å². The molecule has 2 nitrogen and oxygen atoms in total. The van der Waals surface area contributed by atoms with E-state index in [0.29, 0.717) is 0 Å². The molecular weight excluding hydrogens is 292 g/mol. The van der Waals surface area contributed by atoms with Crippen molar-refractivity contribution in [1.29, 1.82) is 0 Å². The highest BCUT2D eigenvalue weighted by atomic mass is 35.5. The van der Waals surface area contributed by atoms with Gasteiger partial charge in [-0.05, 0) is 43.8 Å². The largest absolute Gasteiger partial charge is 0.316 e. The second-order valence-corrected chi connectivity index (χ2v) is 5.73. The summed E-state index contributed by atoms with van der Waals surface area (Å²) < 4.78 is 2.27. The Balaban J connectivity index is 2.25. The Morgan fingerprint density at radius 1 is 1.00 bits per heavy atom. The highest BCUT2D eigenvalue weighted by Gasteiger charge is 2.15. The van der Waals surface area contributed by atoms with E-state index in [9.17, 15) is 0 Å². The van der Waals surface area contributed by atoms with Gasteiger partial charge in [-0.1, -0.05) is 48.0 Å². The van der Waals surface area contributed by atoms with Crippen LogP contribution in [0.4, 0.5) is 0 Å². The number of benzene rings is 2. The Hall–Kier alpha value is -2.03. The van der Waals surface area contributed by atoms with Crippen LogP contribution in [0.3, 0.4) is 0 Å². The van der Waals surface area contributed by atoms with E-state index in [4.69, 9.17) is 11.6 Å².